The molecule has 0 aliphatic carbocycles. The molecule has 2 N–H and O–H groups in total. The van der Waals surface area contributed by atoms with E-state index in [1.807, 2.05) is 0 Å². The summed E-state index contributed by atoms with van der Waals surface area (Å²) in [6.45, 7) is 2.29. The van der Waals surface area contributed by atoms with E-state index >= 15 is 0 Å². The van der Waals surface area contributed by atoms with Gasteiger partial charge in [-0.25, -0.2) is 0 Å². The highest BCUT2D eigenvalue weighted by atomic mass is 14.5. The largest absolute Gasteiger partial charge is 0.399 e. The molecule has 0 saturated heterocycles. The van der Waals surface area contributed by atoms with Gasteiger partial charge in [0.15, 0.2) is 0 Å². The van der Waals surface area contributed by atoms with Crippen LogP contribution in [0.5, 0.6) is 0 Å². The number of nitrogen functional groups attached to an aromatic ring is 1. The molecule has 1 nitrogen and oxygen atoms in total. The number of anilines is 1. The Bertz CT molecular complexity index is 1330. The summed E-state index contributed by atoms with van der Waals surface area (Å²) < 4.78 is 0. The van der Waals surface area contributed by atoms with Crippen molar-refractivity contribution in [3.05, 3.63) is 66.2 Å². The molecule has 0 saturated carbocycles. The van der Waals surface area contributed by atoms with Crippen molar-refractivity contribution < 1.29 is 0 Å². The molecule has 0 fully saturated rings. The Labute approximate surface area is 185 Å². The van der Waals surface area contributed by atoms with Crippen LogP contribution < -0.4 is 5.73 Å². The summed E-state index contributed by atoms with van der Waals surface area (Å²) in [6.07, 6.45) is 12.1. The molecule has 0 atom stereocenters. The average Bonchev–Trinajstić information content (AvgIpc) is 2.79. The SMILES string of the molecule is CCCCCCCCCCc1ccc2cccc3c4cc(N)cc5cccc(c1c23)c54. The monoisotopic (exact) mass is 407 g/mol. The van der Waals surface area contributed by atoms with Crippen LogP contribution in [-0.4, -0.2) is 0 Å². The quantitative estimate of drug-likeness (QED) is 0.112. The third-order valence-electron chi connectivity index (χ3n) is 6.99. The van der Waals surface area contributed by atoms with Crippen molar-refractivity contribution in [1.82, 2.24) is 0 Å². The number of benzene rings is 5. The highest BCUT2D eigenvalue weighted by molar-refractivity contribution is 6.33. The van der Waals surface area contributed by atoms with Gasteiger partial charge in [-0.15, -0.1) is 0 Å². The molecule has 5 aromatic carbocycles. The van der Waals surface area contributed by atoms with E-state index in [1.165, 1.54) is 100 Å². The molecule has 0 heterocycles. The summed E-state index contributed by atoms with van der Waals surface area (Å²) in [5, 5.41) is 10.8. The van der Waals surface area contributed by atoms with Gasteiger partial charge in [0.2, 0.25) is 0 Å². The zero-order chi connectivity index (χ0) is 21.2. The van der Waals surface area contributed by atoms with Crippen molar-refractivity contribution in [2.75, 3.05) is 5.73 Å². The molecule has 1 heteroatoms. The second-order valence-electron chi connectivity index (χ2n) is 9.20. The Morgan fingerprint density at radius 1 is 0.581 bits per heavy atom. The second-order valence-corrected chi connectivity index (χ2v) is 9.20. The first-order valence-corrected chi connectivity index (χ1v) is 12.2. The van der Waals surface area contributed by atoms with Crippen LogP contribution >= 0.6 is 0 Å². The normalized spacial score (nSPS) is 12.0. The van der Waals surface area contributed by atoms with Gasteiger partial charge in [0.25, 0.3) is 0 Å². The molecule has 0 unspecified atom stereocenters. The summed E-state index contributed by atoms with van der Waals surface area (Å²) in [5.41, 5.74) is 8.63. The van der Waals surface area contributed by atoms with E-state index in [1.54, 1.807) is 0 Å². The van der Waals surface area contributed by atoms with Crippen molar-refractivity contribution in [2.45, 2.75) is 64.7 Å². The molecule has 0 aliphatic heterocycles. The highest BCUT2D eigenvalue weighted by Gasteiger charge is 2.15. The smallest absolute Gasteiger partial charge is 0.0326 e. The van der Waals surface area contributed by atoms with E-state index in [0.29, 0.717) is 0 Å². The lowest BCUT2D eigenvalue weighted by molar-refractivity contribution is 0.576. The van der Waals surface area contributed by atoms with Crippen LogP contribution in [0.15, 0.2) is 60.7 Å². The van der Waals surface area contributed by atoms with E-state index in [-0.39, 0.29) is 0 Å². The number of fused-ring (bicyclic) bond motifs is 2. The predicted molar refractivity (Wildman–Crippen MR) is 138 cm³/mol. The van der Waals surface area contributed by atoms with Crippen LogP contribution in [-0.2, 0) is 6.42 Å². The molecule has 0 bridgehead atoms. The third kappa shape index (κ3) is 3.71. The Balaban J connectivity index is 1.54. The molecule has 31 heavy (non-hydrogen) atoms. The van der Waals surface area contributed by atoms with Gasteiger partial charge in [0, 0.05) is 5.69 Å². The molecule has 5 rings (SSSR count). The number of hydrogen-bond donors (Lipinski definition) is 1. The molecule has 0 aromatic heterocycles. The predicted octanol–water partition coefficient (Wildman–Crippen LogP) is 9.00. The minimum absolute atomic E-state index is 0.843. The van der Waals surface area contributed by atoms with E-state index < -0.39 is 0 Å². The van der Waals surface area contributed by atoms with Gasteiger partial charge < -0.3 is 5.73 Å². The summed E-state index contributed by atoms with van der Waals surface area (Å²) in [7, 11) is 0. The fraction of sp³-hybridized carbons (Fsp3) is 0.333. The Kier molecular flexibility index (Phi) is 5.68. The van der Waals surface area contributed by atoms with E-state index in [2.05, 4.69) is 67.6 Å². The van der Waals surface area contributed by atoms with Crippen LogP contribution in [0.2, 0.25) is 0 Å². The summed E-state index contributed by atoms with van der Waals surface area (Å²) in [5.74, 6) is 0. The lowest BCUT2D eigenvalue weighted by atomic mass is 9.86. The first kappa shape index (κ1) is 20.1. The van der Waals surface area contributed by atoms with Crippen LogP contribution in [0.1, 0.15) is 63.9 Å². The standard InChI is InChI=1S/C30H33N/c1-2-3-4-5-6-7-8-9-12-21-17-18-22-13-10-15-25-27-20-24(31)19-23-14-11-16-26(28(23)27)30(21)29(22)25/h10-11,13-20H,2-9,12,31H2,1H3. The Morgan fingerprint density at radius 3 is 2.10 bits per heavy atom. The first-order valence-electron chi connectivity index (χ1n) is 12.2. The minimum atomic E-state index is 0.843. The topological polar surface area (TPSA) is 26.0 Å². The number of hydrogen-bond acceptors (Lipinski definition) is 1. The number of nitrogens with two attached hydrogens (primary N) is 1. The van der Waals surface area contributed by atoms with Gasteiger partial charge in [-0.2, -0.15) is 0 Å². The summed E-state index contributed by atoms with van der Waals surface area (Å²) >= 11 is 0. The first-order chi connectivity index (χ1) is 15.3. The van der Waals surface area contributed by atoms with Crippen molar-refractivity contribution in [3.63, 3.8) is 0 Å². The number of unbranched alkanes of at least 4 members (excludes halogenated alkanes) is 7. The lowest BCUT2D eigenvalue weighted by Crippen LogP contribution is -1.94. The van der Waals surface area contributed by atoms with Crippen molar-refractivity contribution in [1.29, 1.82) is 0 Å². The van der Waals surface area contributed by atoms with Crippen molar-refractivity contribution in [2.24, 2.45) is 0 Å². The fourth-order valence-corrected chi connectivity index (χ4v) is 5.48. The molecule has 0 radical (unpaired) electrons. The molecule has 0 aliphatic rings. The number of aryl methyl sites for hydroxylation is 1. The molecule has 5 aromatic rings. The molecule has 0 amide bonds. The zero-order valence-corrected chi connectivity index (χ0v) is 18.7. The lowest BCUT2D eigenvalue weighted by Gasteiger charge is -2.17. The van der Waals surface area contributed by atoms with E-state index in [9.17, 15) is 0 Å². The van der Waals surface area contributed by atoms with E-state index in [4.69, 9.17) is 5.73 Å². The summed E-state index contributed by atoms with van der Waals surface area (Å²) in [4.78, 5) is 0. The van der Waals surface area contributed by atoms with E-state index in [0.717, 1.165) is 12.1 Å². The fourth-order valence-electron chi connectivity index (χ4n) is 5.48. The van der Waals surface area contributed by atoms with Gasteiger partial charge >= 0.3 is 0 Å². The van der Waals surface area contributed by atoms with Gasteiger partial charge in [-0.3, -0.25) is 0 Å². The average molecular weight is 408 g/mol. The van der Waals surface area contributed by atoms with Crippen molar-refractivity contribution >= 4 is 48.8 Å². The Morgan fingerprint density at radius 2 is 1.29 bits per heavy atom. The zero-order valence-electron chi connectivity index (χ0n) is 18.7. The Hall–Kier alpha value is -2.80. The second kappa shape index (κ2) is 8.75. The van der Waals surface area contributed by atoms with Gasteiger partial charge in [0.1, 0.15) is 0 Å². The van der Waals surface area contributed by atoms with Crippen LogP contribution in [0.25, 0.3) is 43.1 Å². The van der Waals surface area contributed by atoms with Crippen LogP contribution in [0.4, 0.5) is 5.69 Å². The molecule has 0 spiro atoms. The van der Waals surface area contributed by atoms with Crippen LogP contribution in [0.3, 0.4) is 0 Å². The molecular formula is C30H33N. The van der Waals surface area contributed by atoms with Gasteiger partial charge in [0.05, 0.1) is 0 Å². The maximum absolute atomic E-state index is 6.28. The maximum Gasteiger partial charge on any atom is 0.0326 e. The van der Waals surface area contributed by atoms with Crippen molar-refractivity contribution in [3.8, 4) is 0 Å². The number of rotatable bonds is 9. The van der Waals surface area contributed by atoms with Gasteiger partial charge in [-0.05, 0) is 73.6 Å². The third-order valence-corrected chi connectivity index (χ3v) is 6.99. The minimum Gasteiger partial charge on any atom is -0.399 e. The summed E-state index contributed by atoms with van der Waals surface area (Å²) in [6, 6.07) is 22.4. The highest BCUT2D eigenvalue weighted by Crippen LogP contribution is 2.42. The molecule has 158 valence electrons. The maximum atomic E-state index is 6.28. The molecular weight excluding hydrogens is 374 g/mol. The van der Waals surface area contributed by atoms with Gasteiger partial charge in [-0.1, -0.05) is 100 Å². The van der Waals surface area contributed by atoms with Crippen LogP contribution in [0, 0.1) is 0 Å².